The highest BCUT2D eigenvalue weighted by Crippen LogP contribution is 2.25. The van der Waals surface area contributed by atoms with E-state index in [-0.39, 0.29) is 20.3 Å². The second-order valence-electron chi connectivity index (χ2n) is 5.03. The van der Waals surface area contributed by atoms with E-state index in [1.165, 1.54) is 18.2 Å². The van der Waals surface area contributed by atoms with Crippen LogP contribution < -0.4 is 10.0 Å². The third-order valence-electron chi connectivity index (χ3n) is 3.24. The first kappa shape index (κ1) is 16.9. The van der Waals surface area contributed by atoms with Crippen molar-refractivity contribution in [1.29, 1.82) is 0 Å². The average molecular weight is 397 g/mol. The van der Waals surface area contributed by atoms with Gasteiger partial charge in [0.2, 0.25) is 10.0 Å². The van der Waals surface area contributed by atoms with Crippen LogP contribution in [0.4, 0.5) is 0 Å². The van der Waals surface area contributed by atoms with Gasteiger partial charge in [0.1, 0.15) is 0 Å². The molecular formula is C12H17BrN2O4S2. The molecule has 1 atom stereocenters. The lowest BCUT2D eigenvalue weighted by atomic mass is 10.1. The summed E-state index contributed by atoms with van der Waals surface area (Å²) >= 11 is 3.14. The van der Waals surface area contributed by atoms with Crippen molar-refractivity contribution >= 4 is 35.8 Å². The molecule has 21 heavy (non-hydrogen) atoms. The van der Waals surface area contributed by atoms with E-state index in [2.05, 4.69) is 26.0 Å². The van der Waals surface area contributed by atoms with Crippen LogP contribution in [0.25, 0.3) is 0 Å². The summed E-state index contributed by atoms with van der Waals surface area (Å²) < 4.78 is 50.5. The van der Waals surface area contributed by atoms with E-state index in [9.17, 15) is 16.8 Å². The Morgan fingerprint density at radius 3 is 2.52 bits per heavy atom. The molecule has 0 aromatic heterocycles. The lowest BCUT2D eigenvalue weighted by Gasteiger charge is -2.23. The molecule has 1 saturated heterocycles. The molecule has 2 rings (SSSR count). The van der Waals surface area contributed by atoms with Gasteiger partial charge in [-0.15, -0.1) is 0 Å². The van der Waals surface area contributed by atoms with Gasteiger partial charge in [-0.2, -0.15) is 0 Å². The molecule has 1 aromatic rings. The summed E-state index contributed by atoms with van der Waals surface area (Å²) in [5, 5.41) is 3.13. The fourth-order valence-electron chi connectivity index (χ4n) is 2.17. The molecule has 1 aliphatic rings. The lowest BCUT2D eigenvalue weighted by molar-refractivity contribution is 0.428. The minimum atomic E-state index is -3.68. The van der Waals surface area contributed by atoms with Crippen molar-refractivity contribution in [3.63, 3.8) is 0 Å². The highest BCUT2D eigenvalue weighted by Gasteiger charge is 2.24. The van der Waals surface area contributed by atoms with E-state index in [0.29, 0.717) is 6.54 Å². The lowest BCUT2D eigenvalue weighted by Crippen LogP contribution is -2.45. The largest absolute Gasteiger partial charge is 0.315 e. The number of hydrogen-bond acceptors (Lipinski definition) is 5. The zero-order valence-corrected chi connectivity index (χ0v) is 14.7. The Hall–Kier alpha value is -0.480. The Morgan fingerprint density at radius 2 is 2.00 bits per heavy atom. The first-order chi connectivity index (χ1) is 9.70. The van der Waals surface area contributed by atoms with Crippen molar-refractivity contribution in [2.24, 2.45) is 0 Å². The van der Waals surface area contributed by atoms with Crippen LogP contribution in [-0.4, -0.2) is 42.2 Å². The summed E-state index contributed by atoms with van der Waals surface area (Å²) in [6.07, 6.45) is 2.78. The van der Waals surface area contributed by atoms with Crippen LogP contribution >= 0.6 is 15.9 Å². The number of nitrogens with one attached hydrogen (secondary N) is 2. The number of hydrogen-bond donors (Lipinski definition) is 2. The first-order valence-corrected chi connectivity index (χ1v) is 10.6. The Bertz CT molecular complexity index is 726. The third-order valence-corrected chi connectivity index (χ3v) is 6.85. The van der Waals surface area contributed by atoms with Crippen molar-refractivity contribution in [2.45, 2.75) is 28.7 Å². The van der Waals surface area contributed by atoms with Crippen molar-refractivity contribution in [3.05, 3.63) is 22.7 Å². The van der Waals surface area contributed by atoms with E-state index in [1.54, 1.807) is 0 Å². The molecule has 6 nitrogen and oxygen atoms in total. The van der Waals surface area contributed by atoms with Gasteiger partial charge in [-0.05, 0) is 53.5 Å². The summed E-state index contributed by atoms with van der Waals surface area (Å²) in [6.45, 7) is 1.49. The van der Waals surface area contributed by atoms with Gasteiger partial charge in [-0.25, -0.2) is 21.6 Å². The van der Waals surface area contributed by atoms with Gasteiger partial charge in [0.15, 0.2) is 9.84 Å². The number of sulfonamides is 1. The zero-order chi connectivity index (χ0) is 15.7. The van der Waals surface area contributed by atoms with Crippen molar-refractivity contribution < 1.29 is 16.8 Å². The molecule has 0 unspecified atom stereocenters. The van der Waals surface area contributed by atoms with Crippen LogP contribution in [0, 0.1) is 0 Å². The number of halogens is 1. The standard InChI is InChI=1S/C12H17BrN2O4S2/c1-20(16,17)10-4-5-12(11(13)7-10)21(18,19)15-9-3-2-6-14-8-9/h4-5,7,9,14-15H,2-3,6,8H2,1H3/t9-/m0/s1. The monoisotopic (exact) mass is 396 g/mol. The second-order valence-corrected chi connectivity index (χ2v) is 9.58. The van der Waals surface area contributed by atoms with E-state index in [4.69, 9.17) is 0 Å². The molecule has 0 amide bonds. The van der Waals surface area contributed by atoms with Crippen LogP contribution in [0.1, 0.15) is 12.8 Å². The summed E-state index contributed by atoms with van der Waals surface area (Å²) in [6, 6.07) is 3.76. The fraction of sp³-hybridized carbons (Fsp3) is 0.500. The Kier molecular flexibility index (Phi) is 5.09. The van der Waals surface area contributed by atoms with E-state index < -0.39 is 19.9 Å². The van der Waals surface area contributed by atoms with E-state index >= 15 is 0 Å². The van der Waals surface area contributed by atoms with Crippen LogP contribution in [0.2, 0.25) is 0 Å². The Morgan fingerprint density at radius 1 is 1.29 bits per heavy atom. The fourth-order valence-corrected chi connectivity index (χ4v) is 5.31. The highest BCUT2D eigenvalue weighted by atomic mass is 79.9. The van der Waals surface area contributed by atoms with Crippen molar-refractivity contribution in [1.82, 2.24) is 10.0 Å². The van der Waals surface area contributed by atoms with Gasteiger partial charge >= 0.3 is 0 Å². The third kappa shape index (κ3) is 4.26. The smallest absolute Gasteiger partial charge is 0.241 e. The van der Waals surface area contributed by atoms with Gasteiger partial charge in [0, 0.05) is 23.3 Å². The maximum absolute atomic E-state index is 12.4. The maximum Gasteiger partial charge on any atom is 0.241 e. The molecular weight excluding hydrogens is 380 g/mol. The number of piperidine rings is 1. The van der Waals surface area contributed by atoms with Gasteiger partial charge in [-0.1, -0.05) is 0 Å². The zero-order valence-electron chi connectivity index (χ0n) is 11.5. The molecule has 0 bridgehead atoms. The molecule has 2 N–H and O–H groups in total. The van der Waals surface area contributed by atoms with E-state index in [0.717, 1.165) is 25.6 Å². The number of rotatable bonds is 4. The molecule has 0 aliphatic carbocycles. The number of benzene rings is 1. The number of sulfone groups is 1. The predicted octanol–water partition coefficient (Wildman–Crippen LogP) is 0.883. The molecule has 0 saturated carbocycles. The normalized spacial score (nSPS) is 20.4. The molecule has 1 fully saturated rings. The van der Waals surface area contributed by atoms with Gasteiger partial charge in [-0.3, -0.25) is 0 Å². The SMILES string of the molecule is CS(=O)(=O)c1ccc(S(=O)(=O)N[C@H]2CCCNC2)c(Br)c1. The quantitative estimate of drug-likeness (QED) is 0.787. The van der Waals surface area contributed by atoms with Crippen LogP contribution in [0.15, 0.2) is 32.5 Å². The van der Waals surface area contributed by atoms with Crippen molar-refractivity contribution in [2.75, 3.05) is 19.3 Å². The molecule has 9 heteroatoms. The minimum Gasteiger partial charge on any atom is -0.315 e. The highest BCUT2D eigenvalue weighted by molar-refractivity contribution is 9.10. The van der Waals surface area contributed by atoms with E-state index in [1.807, 2.05) is 0 Å². The summed E-state index contributed by atoms with van der Waals surface area (Å²) in [7, 11) is -7.05. The molecule has 1 aromatic carbocycles. The molecule has 118 valence electrons. The van der Waals surface area contributed by atoms with Crippen LogP contribution in [-0.2, 0) is 19.9 Å². The maximum atomic E-state index is 12.4. The first-order valence-electron chi connectivity index (χ1n) is 6.43. The molecule has 0 spiro atoms. The average Bonchev–Trinajstić information content (AvgIpc) is 2.37. The topological polar surface area (TPSA) is 92.3 Å². The minimum absolute atomic E-state index is 0.0421. The molecule has 1 aliphatic heterocycles. The van der Waals surface area contributed by atoms with Crippen LogP contribution in [0.3, 0.4) is 0 Å². The van der Waals surface area contributed by atoms with Gasteiger partial charge in [0.25, 0.3) is 0 Å². The summed E-state index contributed by atoms with van der Waals surface area (Å²) in [4.78, 5) is 0.119. The molecule has 1 heterocycles. The Balaban J connectivity index is 2.28. The second kappa shape index (κ2) is 6.33. The van der Waals surface area contributed by atoms with Gasteiger partial charge in [0.05, 0.1) is 9.79 Å². The van der Waals surface area contributed by atoms with Crippen molar-refractivity contribution in [3.8, 4) is 0 Å². The summed E-state index contributed by atoms with van der Waals surface area (Å²) in [5.74, 6) is 0. The summed E-state index contributed by atoms with van der Waals surface area (Å²) in [5.41, 5.74) is 0. The van der Waals surface area contributed by atoms with Gasteiger partial charge < -0.3 is 5.32 Å². The predicted molar refractivity (Wildman–Crippen MR) is 83.5 cm³/mol. The van der Waals surface area contributed by atoms with Crippen LogP contribution in [0.5, 0.6) is 0 Å². The Labute approximate surface area is 133 Å². The molecule has 0 radical (unpaired) electrons.